The van der Waals surface area contributed by atoms with Crippen LogP contribution >= 0.6 is 11.6 Å². The number of methoxy groups -OCH3 is 2. The van der Waals surface area contributed by atoms with Crippen LogP contribution in [0.15, 0.2) is 39.3 Å². The van der Waals surface area contributed by atoms with Crippen LogP contribution in [0.2, 0.25) is 0 Å². The van der Waals surface area contributed by atoms with Gasteiger partial charge in [0.15, 0.2) is 11.5 Å². The minimum Gasteiger partial charge on any atom is -0.493 e. The Morgan fingerprint density at radius 1 is 1.20 bits per heavy atom. The zero-order valence-corrected chi connectivity index (χ0v) is 10.1. The van der Waals surface area contributed by atoms with Gasteiger partial charge >= 0.3 is 0 Å². The van der Waals surface area contributed by atoms with Crippen LogP contribution in [0.25, 0.3) is 0 Å². The monoisotopic (exact) mass is 227 g/mol. The van der Waals surface area contributed by atoms with Gasteiger partial charge < -0.3 is 9.47 Å². The number of allylic oxidation sites excluding steroid dienone is 4. The fourth-order valence-electron chi connectivity index (χ4n) is 1.33. The highest BCUT2D eigenvalue weighted by molar-refractivity contribution is 6.33. The molecule has 0 unspecified atom stereocenters. The maximum atomic E-state index is 5.97. The zero-order valence-electron chi connectivity index (χ0n) is 9.30. The average molecular weight is 228 g/mol. The van der Waals surface area contributed by atoms with E-state index in [0.29, 0.717) is 16.6 Å². The molecule has 0 bridgehead atoms. The van der Waals surface area contributed by atoms with Crippen LogP contribution in [0, 0.1) is 0 Å². The van der Waals surface area contributed by atoms with Crippen molar-refractivity contribution in [3.63, 3.8) is 0 Å². The molecule has 0 fully saturated rings. The molecule has 0 spiro atoms. The third kappa shape index (κ3) is 2.42. The topological polar surface area (TPSA) is 30.8 Å². The molecule has 15 heavy (non-hydrogen) atoms. The van der Waals surface area contributed by atoms with Crippen LogP contribution in [-0.4, -0.2) is 27.0 Å². The first-order chi connectivity index (χ1) is 7.13. The largest absolute Gasteiger partial charge is 0.493 e. The van der Waals surface area contributed by atoms with Gasteiger partial charge in [0.1, 0.15) is 0 Å². The van der Waals surface area contributed by atoms with E-state index in [1.54, 1.807) is 27.3 Å². The molecule has 0 saturated carbocycles. The Balaban J connectivity index is 3.25. The van der Waals surface area contributed by atoms with E-state index < -0.39 is 0 Å². The van der Waals surface area contributed by atoms with Crippen molar-refractivity contribution in [2.24, 2.45) is 4.99 Å². The summed E-state index contributed by atoms with van der Waals surface area (Å²) in [6, 6.07) is 0. The number of hydrogen-bond acceptors (Lipinski definition) is 3. The van der Waals surface area contributed by atoms with Crippen LogP contribution < -0.4 is 0 Å². The van der Waals surface area contributed by atoms with Gasteiger partial charge in [0.05, 0.1) is 19.9 Å². The van der Waals surface area contributed by atoms with Crippen LogP contribution in [0.3, 0.4) is 0 Å². The van der Waals surface area contributed by atoms with Crippen LogP contribution in [-0.2, 0) is 9.47 Å². The molecule has 0 atom stereocenters. The standard InChI is InChI=1S/C11H14ClNO2/c1-7(12)8-5-10(14-3)11(15-4)6-9(8)13-2/h5-6H,1-4H3/b8-7+,13-9?. The number of hydrogen-bond donors (Lipinski definition) is 0. The molecule has 0 radical (unpaired) electrons. The second kappa shape index (κ2) is 5.03. The van der Waals surface area contributed by atoms with Gasteiger partial charge in [-0.1, -0.05) is 11.6 Å². The van der Waals surface area contributed by atoms with Gasteiger partial charge in [-0.05, 0) is 13.0 Å². The predicted octanol–water partition coefficient (Wildman–Crippen LogP) is 2.64. The molecule has 0 aromatic rings. The Labute approximate surface area is 94.7 Å². The van der Waals surface area contributed by atoms with Crippen molar-refractivity contribution in [2.75, 3.05) is 21.3 Å². The summed E-state index contributed by atoms with van der Waals surface area (Å²) in [5, 5.41) is 0.677. The summed E-state index contributed by atoms with van der Waals surface area (Å²) in [7, 11) is 4.90. The van der Waals surface area contributed by atoms with Crippen LogP contribution in [0.4, 0.5) is 0 Å². The lowest BCUT2D eigenvalue weighted by Crippen LogP contribution is -2.10. The van der Waals surface area contributed by atoms with Crippen molar-refractivity contribution in [1.29, 1.82) is 0 Å². The summed E-state index contributed by atoms with van der Waals surface area (Å²) in [6.45, 7) is 1.82. The molecule has 0 aromatic carbocycles. The molecule has 1 rings (SSSR count). The first-order valence-electron chi connectivity index (χ1n) is 4.49. The molecule has 0 heterocycles. The maximum Gasteiger partial charge on any atom is 0.162 e. The fourth-order valence-corrected chi connectivity index (χ4v) is 1.48. The SMILES string of the molecule is CN=C1C=C(OC)C(OC)=C/C1=C(/C)Cl. The first-order valence-corrected chi connectivity index (χ1v) is 4.87. The van der Waals surface area contributed by atoms with Crippen molar-refractivity contribution in [3.8, 4) is 0 Å². The minimum absolute atomic E-state index is 0.653. The second-order valence-corrected chi connectivity index (χ2v) is 3.55. The summed E-state index contributed by atoms with van der Waals surface area (Å²) in [5.41, 5.74) is 1.65. The van der Waals surface area contributed by atoms with Gasteiger partial charge in [-0.25, -0.2) is 0 Å². The number of ether oxygens (including phenoxy) is 2. The smallest absolute Gasteiger partial charge is 0.162 e. The summed E-state index contributed by atoms with van der Waals surface area (Å²) < 4.78 is 10.4. The average Bonchev–Trinajstić information content (AvgIpc) is 2.26. The third-order valence-electron chi connectivity index (χ3n) is 2.11. The fraction of sp³-hybridized carbons (Fsp3) is 0.364. The number of aliphatic imine (C=N–C) groups is 1. The van der Waals surface area contributed by atoms with Crippen molar-refractivity contribution in [2.45, 2.75) is 6.92 Å². The molecular weight excluding hydrogens is 214 g/mol. The highest BCUT2D eigenvalue weighted by Gasteiger charge is 2.18. The molecule has 0 amide bonds. The normalized spacial score (nSPS) is 22.1. The number of nitrogens with zero attached hydrogens (tertiary/aromatic N) is 1. The highest BCUT2D eigenvalue weighted by Crippen LogP contribution is 2.25. The molecule has 0 N–H and O–H groups in total. The predicted molar refractivity (Wildman–Crippen MR) is 62.1 cm³/mol. The van der Waals surface area contributed by atoms with E-state index in [1.165, 1.54) is 0 Å². The van der Waals surface area contributed by atoms with Crippen molar-refractivity contribution < 1.29 is 9.47 Å². The quantitative estimate of drug-likeness (QED) is 0.726. The second-order valence-electron chi connectivity index (χ2n) is 2.98. The lowest BCUT2D eigenvalue weighted by Gasteiger charge is -2.17. The summed E-state index contributed by atoms with van der Waals surface area (Å²) in [6.07, 6.45) is 3.63. The molecule has 0 aliphatic heterocycles. The summed E-state index contributed by atoms with van der Waals surface area (Å²) in [4.78, 5) is 4.13. The molecular formula is C11H14ClNO2. The van der Waals surface area contributed by atoms with Crippen molar-refractivity contribution in [1.82, 2.24) is 0 Å². The van der Waals surface area contributed by atoms with Gasteiger partial charge in [-0.2, -0.15) is 0 Å². The van der Waals surface area contributed by atoms with E-state index in [0.717, 1.165) is 11.3 Å². The maximum absolute atomic E-state index is 5.97. The lowest BCUT2D eigenvalue weighted by molar-refractivity contribution is 0.220. The van der Waals surface area contributed by atoms with Gasteiger partial charge in [-0.15, -0.1) is 0 Å². The number of rotatable bonds is 2. The van der Waals surface area contributed by atoms with Gasteiger partial charge in [-0.3, -0.25) is 4.99 Å². The van der Waals surface area contributed by atoms with Crippen LogP contribution in [0.1, 0.15) is 6.92 Å². The van der Waals surface area contributed by atoms with Crippen LogP contribution in [0.5, 0.6) is 0 Å². The first kappa shape index (κ1) is 11.9. The Morgan fingerprint density at radius 2 is 1.73 bits per heavy atom. The molecule has 1 aliphatic rings. The molecule has 4 heteroatoms. The molecule has 0 aromatic heterocycles. The van der Waals surface area contributed by atoms with E-state index in [4.69, 9.17) is 21.1 Å². The molecule has 82 valence electrons. The summed E-state index contributed by atoms with van der Waals surface area (Å²) in [5.74, 6) is 1.31. The van der Waals surface area contributed by atoms with E-state index in [2.05, 4.69) is 4.99 Å². The summed E-state index contributed by atoms with van der Waals surface area (Å²) >= 11 is 5.97. The Kier molecular flexibility index (Phi) is 3.97. The Morgan fingerprint density at radius 3 is 2.13 bits per heavy atom. The number of halogens is 1. The molecule has 1 aliphatic carbocycles. The van der Waals surface area contributed by atoms with E-state index in [-0.39, 0.29) is 0 Å². The van der Waals surface area contributed by atoms with E-state index in [1.807, 2.05) is 13.0 Å². The van der Waals surface area contributed by atoms with Crippen molar-refractivity contribution >= 4 is 17.3 Å². The van der Waals surface area contributed by atoms with E-state index >= 15 is 0 Å². The zero-order chi connectivity index (χ0) is 11.4. The van der Waals surface area contributed by atoms with Gasteiger partial charge in [0.25, 0.3) is 0 Å². The minimum atomic E-state index is 0.653. The lowest BCUT2D eigenvalue weighted by atomic mass is 10.0. The molecule has 0 saturated heterocycles. The third-order valence-corrected chi connectivity index (χ3v) is 2.32. The van der Waals surface area contributed by atoms with Gasteiger partial charge in [0, 0.05) is 23.7 Å². The van der Waals surface area contributed by atoms with Gasteiger partial charge in [0.2, 0.25) is 0 Å². The Bertz CT molecular complexity index is 374. The van der Waals surface area contributed by atoms with Crippen molar-refractivity contribution in [3.05, 3.63) is 34.3 Å². The highest BCUT2D eigenvalue weighted by atomic mass is 35.5. The Hall–Kier alpha value is -1.22. The molecule has 3 nitrogen and oxygen atoms in total. The van der Waals surface area contributed by atoms with E-state index in [9.17, 15) is 0 Å².